The van der Waals surface area contributed by atoms with Crippen molar-refractivity contribution in [1.82, 2.24) is 14.8 Å². The second-order valence-electron chi connectivity index (χ2n) is 3.60. The smallest absolute Gasteiger partial charge is 0.338 e. The topological polar surface area (TPSA) is 68.0 Å². The maximum atomic E-state index is 13.8. The lowest BCUT2D eigenvalue weighted by atomic mass is 10.1. The van der Waals surface area contributed by atoms with Crippen LogP contribution in [-0.4, -0.2) is 25.8 Å². The summed E-state index contributed by atoms with van der Waals surface area (Å²) in [7, 11) is 1.78. The van der Waals surface area contributed by atoms with Crippen LogP contribution in [0, 0.1) is 5.82 Å². The van der Waals surface area contributed by atoms with Crippen molar-refractivity contribution in [3.8, 4) is 0 Å². The largest absolute Gasteiger partial charge is 0.478 e. The highest BCUT2D eigenvalue weighted by atomic mass is 32.2. The van der Waals surface area contributed by atoms with Crippen LogP contribution in [0.5, 0.6) is 0 Å². The summed E-state index contributed by atoms with van der Waals surface area (Å²) in [4.78, 5) is 10.8. The zero-order chi connectivity index (χ0) is 13.1. The average molecular weight is 267 g/mol. The van der Waals surface area contributed by atoms with Gasteiger partial charge >= 0.3 is 5.97 Å². The van der Waals surface area contributed by atoms with Gasteiger partial charge in [-0.3, -0.25) is 0 Å². The predicted octanol–water partition coefficient (Wildman–Crippen LogP) is 1.94. The van der Waals surface area contributed by atoms with E-state index in [0.717, 1.165) is 0 Å². The van der Waals surface area contributed by atoms with Gasteiger partial charge in [-0.25, -0.2) is 9.18 Å². The number of carboxylic acid groups (broad SMARTS) is 1. The van der Waals surface area contributed by atoms with E-state index in [4.69, 9.17) is 5.11 Å². The molecule has 0 atom stereocenters. The summed E-state index contributed by atoms with van der Waals surface area (Å²) in [6.45, 7) is 0. The van der Waals surface area contributed by atoms with Crippen molar-refractivity contribution in [2.75, 3.05) is 0 Å². The van der Waals surface area contributed by atoms with Crippen molar-refractivity contribution in [3.05, 3.63) is 41.5 Å². The highest BCUT2D eigenvalue weighted by Crippen LogP contribution is 2.23. The molecule has 1 aromatic heterocycles. The fourth-order valence-electron chi connectivity index (χ4n) is 1.40. The number of hydrogen-bond donors (Lipinski definition) is 1. The SMILES string of the molecule is Cn1cnnc1SCc1cccc(C(=O)O)c1F. The van der Waals surface area contributed by atoms with Crippen molar-refractivity contribution < 1.29 is 14.3 Å². The number of hydrogen-bond acceptors (Lipinski definition) is 4. The third kappa shape index (κ3) is 2.51. The number of aromatic carboxylic acids is 1. The van der Waals surface area contributed by atoms with E-state index >= 15 is 0 Å². The lowest BCUT2D eigenvalue weighted by Crippen LogP contribution is -2.03. The molecule has 1 heterocycles. The van der Waals surface area contributed by atoms with Crippen molar-refractivity contribution in [3.63, 3.8) is 0 Å². The van der Waals surface area contributed by atoms with Crippen LogP contribution in [0.2, 0.25) is 0 Å². The molecule has 0 saturated heterocycles. The number of benzene rings is 1. The van der Waals surface area contributed by atoms with Crippen LogP contribution in [-0.2, 0) is 12.8 Å². The minimum absolute atomic E-state index is 0.305. The van der Waals surface area contributed by atoms with Crippen LogP contribution < -0.4 is 0 Å². The molecule has 2 rings (SSSR count). The second-order valence-corrected chi connectivity index (χ2v) is 4.54. The van der Waals surface area contributed by atoms with Crippen LogP contribution in [0.3, 0.4) is 0 Å². The predicted molar refractivity (Wildman–Crippen MR) is 63.9 cm³/mol. The Kier molecular flexibility index (Phi) is 3.61. The van der Waals surface area contributed by atoms with Gasteiger partial charge in [-0.1, -0.05) is 23.9 Å². The van der Waals surface area contributed by atoms with E-state index in [-0.39, 0.29) is 5.56 Å². The summed E-state index contributed by atoms with van der Waals surface area (Å²) in [6.07, 6.45) is 1.55. The molecule has 0 unspecified atom stereocenters. The Morgan fingerprint density at radius 1 is 1.56 bits per heavy atom. The molecule has 5 nitrogen and oxygen atoms in total. The molecule has 18 heavy (non-hydrogen) atoms. The third-order valence-electron chi connectivity index (χ3n) is 2.34. The van der Waals surface area contributed by atoms with E-state index in [1.165, 1.54) is 23.9 Å². The minimum atomic E-state index is -1.27. The van der Waals surface area contributed by atoms with Crippen molar-refractivity contribution in [1.29, 1.82) is 0 Å². The molecule has 94 valence electrons. The number of nitrogens with zero attached hydrogens (tertiary/aromatic N) is 3. The Morgan fingerprint density at radius 3 is 2.94 bits per heavy atom. The third-order valence-corrected chi connectivity index (χ3v) is 3.42. The summed E-state index contributed by atoms with van der Waals surface area (Å²) >= 11 is 1.30. The maximum absolute atomic E-state index is 13.8. The first-order valence-electron chi connectivity index (χ1n) is 5.07. The van der Waals surface area contributed by atoms with Gasteiger partial charge in [0, 0.05) is 12.8 Å². The van der Waals surface area contributed by atoms with Gasteiger partial charge in [0.15, 0.2) is 5.16 Å². The highest BCUT2D eigenvalue weighted by molar-refractivity contribution is 7.98. The number of rotatable bonds is 4. The zero-order valence-corrected chi connectivity index (χ0v) is 10.3. The van der Waals surface area contributed by atoms with Gasteiger partial charge in [0.25, 0.3) is 0 Å². The summed E-state index contributed by atoms with van der Waals surface area (Å²) in [6, 6.07) is 4.33. The van der Waals surface area contributed by atoms with Crippen LogP contribution in [0.15, 0.2) is 29.7 Å². The number of carboxylic acids is 1. The molecule has 0 bridgehead atoms. The molecule has 1 aromatic carbocycles. The molecule has 2 aromatic rings. The van der Waals surface area contributed by atoms with Crippen LogP contribution in [0.25, 0.3) is 0 Å². The lowest BCUT2D eigenvalue weighted by Gasteiger charge is -2.05. The Hall–Kier alpha value is -1.89. The summed E-state index contributed by atoms with van der Waals surface area (Å²) in [5, 5.41) is 17.0. The van der Waals surface area contributed by atoms with E-state index in [1.807, 2.05) is 0 Å². The van der Waals surface area contributed by atoms with Gasteiger partial charge in [-0.05, 0) is 11.6 Å². The molecular weight excluding hydrogens is 257 g/mol. The van der Waals surface area contributed by atoms with Gasteiger partial charge in [0.2, 0.25) is 0 Å². The monoisotopic (exact) mass is 267 g/mol. The number of aryl methyl sites for hydroxylation is 1. The molecule has 0 amide bonds. The van der Waals surface area contributed by atoms with Crippen LogP contribution in [0.1, 0.15) is 15.9 Å². The van der Waals surface area contributed by atoms with Gasteiger partial charge < -0.3 is 9.67 Å². The van der Waals surface area contributed by atoms with Crippen molar-refractivity contribution >= 4 is 17.7 Å². The quantitative estimate of drug-likeness (QED) is 0.857. The molecule has 1 N–H and O–H groups in total. The Bertz CT molecular complexity index is 585. The molecule has 0 radical (unpaired) electrons. The summed E-state index contributed by atoms with van der Waals surface area (Å²) in [5.74, 6) is -1.66. The summed E-state index contributed by atoms with van der Waals surface area (Å²) < 4.78 is 15.5. The van der Waals surface area contributed by atoms with Gasteiger partial charge in [-0.2, -0.15) is 0 Å². The van der Waals surface area contributed by atoms with Crippen LogP contribution >= 0.6 is 11.8 Å². The number of carbonyl (C=O) groups is 1. The fraction of sp³-hybridized carbons (Fsp3) is 0.182. The number of halogens is 1. The van der Waals surface area contributed by atoms with E-state index in [0.29, 0.717) is 16.5 Å². The van der Waals surface area contributed by atoms with E-state index in [2.05, 4.69) is 10.2 Å². The maximum Gasteiger partial charge on any atom is 0.338 e. The normalized spacial score (nSPS) is 10.6. The van der Waals surface area contributed by atoms with Gasteiger partial charge in [0.05, 0.1) is 5.56 Å². The number of thioether (sulfide) groups is 1. The first-order chi connectivity index (χ1) is 8.59. The zero-order valence-electron chi connectivity index (χ0n) is 9.50. The minimum Gasteiger partial charge on any atom is -0.478 e. The lowest BCUT2D eigenvalue weighted by molar-refractivity contribution is 0.0691. The second kappa shape index (κ2) is 5.18. The molecule has 0 aliphatic heterocycles. The first-order valence-corrected chi connectivity index (χ1v) is 6.05. The molecule has 7 heteroatoms. The molecule has 0 spiro atoms. The van der Waals surface area contributed by atoms with Gasteiger partial charge in [0.1, 0.15) is 12.1 Å². The Morgan fingerprint density at radius 2 is 2.33 bits per heavy atom. The van der Waals surface area contributed by atoms with Crippen molar-refractivity contribution in [2.45, 2.75) is 10.9 Å². The molecular formula is C11H10FN3O2S. The molecule has 0 aliphatic carbocycles. The first kappa shape index (κ1) is 12.6. The molecule has 0 fully saturated rings. The highest BCUT2D eigenvalue weighted by Gasteiger charge is 2.14. The number of aromatic nitrogens is 3. The fourth-order valence-corrected chi connectivity index (χ4v) is 2.27. The average Bonchev–Trinajstić information content (AvgIpc) is 2.73. The molecule has 0 saturated carbocycles. The molecule has 0 aliphatic rings. The van der Waals surface area contributed by atoms with Gasteiger partial charge in [-0.15, -0.1) is 10.2 Å². The Labute approximate surface area is 107 Å². The van der Waals surface area contributed by atoms with Crippen LogP contribution in [0.4, 0.5) is 4.39 Å². The standard InChI is InChI=1S/C11H10FN3O2S/c1-15-6-13-14-11(15)18-5-7-3-2-4-8(9(7)12)10(16)17/h2-4,6H,5H2,1H3,(H,16,17). The van der Waals surface area contributed by atoms with E-state index in [9.17, 15) is 9.18 Å². The summed E-state index contributed by atoms with van der Waals surface area (Å²) in [5.41, 5.74) is 0.0222. The van der Waals surface area contributed by atoms with E-state index in [1.54, 1.807) is 24.0 Å². The Balaban J connectivity index is 2.17. The van der Waals surface area contributed by atoms with Crippen molar-refractivity contribution in [2.24, 2.45) is 7.05 Å². The van der Waals surface area contributed by atoms with E-state index < -0.39 is 11.8 Å².